The number of ketones is 2. The van der Waals surface area contributed by atoms with Crippen molar-refractivity contribution in [3.05, 3.63) is 59.7 Å². The highest BCUT2D eigenvalue weighted by molar-refractivity contribution is 6.00. The highest BCUT2D eigenvalue weighted by Crippen LogP contribution is 2.27. The van der Waals surface area contributed by atoms with Gasteiger partial charge in [0.25, 0.3) is 0 Å². The minimum Gasteiger partial charge on any atom is -0.494 e. The molecule has 0 bridgehead atoms. The van der Waals surface area contributed by atoms with Gasteiger partial charge in [-0.2, -0.15) is 0 Å². The standard InChI is InChI=1S/C37H54N2O4.2ClH/c1-3-25-42-34-17-13-30(14-18-34)36(40)32(28-38-21-9-5-6-10-22-38)27-33(29-39-23-11-7-8-12-24-39)37(41)31-15-19-35(20-16-31)43-26-4-2;;/h13-20,32-33H,3-12,21-29H2,1-2H3;2*1H. The predicted molar refractivity (Wildman–Crippen MR) is 189 cm³/mol. The Labute approximate surface area is 284 Å². The first-order valence-electron chi connectivity index (χ1n) is 17.1. The van der Waals surface area contributed by atoms with Crippen LogP contribution < -0.4 is 9.47 Å². The molecule has 2 fully saturated rings. The number of carbonyl (C=O) groups excluding carboxylic acids is 2. The molecule has 252 valence electrons. The first-order chi connectivity index (χ1) is 21.1. The maximum atomic E-state index is 14.2. The Kier molecular flexibility index (Phi) is 18.8. The summed E-state index contributed by atoms with van der Waals surface area (Å²) in [6, 6.07) is 15.3. The molecule has 6 nitrogen and oxygen atoms in total. The summed E-state index contributed by atoms with van der Waals surface area (Å²) in [5.41, 5.74) is 1.42. The summed E-state index contributed by atoms with van der Waals surface area (Å²) in [5, 5.41) is 0. The summed E-state index contributed by atoms with van der Waals surface area (Å²) in [6.07, 6.45) is 12.2. The second-order valence-electron chi connectivity index (χ2n) is 12.5. The second kappa shape index (κ2) is 21.6. The summed E-state index contributed by atoms with van der Waals surface area (Å²) in [7, 11) is 0. The molecular formula is C37H56Cl2N2O4. The Bertz CT molecular complexity index is 1010. The number of rotatable bonds is 16. The molecular weight excluding hydrogens is 607 g/mol. The van der Waals surface area contributed by atoms with Gasteiger partial charge < -0.3 is 19.3 Å². The molecule has 0 N–H and O–H groups in total. The van der Waals surface area contributed by atoms with E-state index >= 15 is 0 Å². The lowest BCUT2D eigenvalue weighted by Crippen LogP contribution is -2.39. The minimum absolute atomic E-state index is 0. The molecule has 0 saturated carbocycles. The summed E-state index contributed by atoms with van der Waals surface area (Å²) in [6.45, 7) is 11.0. The molecule has 0 spiro atoms. The van der Waals surface area contributed by atoms with Crippen molar-refractivity contribution in [1.82, 2.24) is 9.80 Å². The molecule has 2 aliphatic rings. The topological polar surface area (TPSA) is 59.1 Å². The van der Waals surface area contributed by atoms with Crippen LogP contribution in [0.25, 0.3) is 0 Å². The van der Waals surface area contributed by atoms with E-state index in [-0.39, 0.29) is 48.2 Å². The maximum absolute atomic E-state index is 14.2. The number of hydrogen-bond acceptors (Lipinski definition) is 6. The zero-order valence-corrected chi connectivity index (χ0v) is 29.2. The Morgan fingerprint density at radius 1 is 0.578 bits per heavy atom. The van der Waals surface area contributed by atoms with Gasteiger partial charge in [0, 0.05) is 36.1 Å². The Morgan fingerprint density at radius 3 is 1.22 bits per heavy atom. The third kappa shape index (κ3) is 12.9. The number of carbonyl (C=O) groups is 2. The lowest BCUT2D eigenvalue weighted by atomic mass is 9.83. The molecule has 0 aliphatic carbocycles. The molecule has 0 aromatic heterocycles. The van der Waals surface area contributed by atoms with Crippen molar-refractivity contribution in [1.29, 1.82) is 0 Å². The lowest BCUT2D eigenvalue weighted by molar-refractivity contribution is 0.0775. The van der Waals surface area contributed by atoms with Crippen molar-refractivity contribution in [2.24, 2.45) is 11.8 Å². The smallest absolute Gasteiger partial charge is 0.167 e. The molecule has 0 amide bonds. The lowest BCUT2D eigenvalue weighted by Gasteiger charge is -2.31. The average Bonchev–Trinajstić information content (AvgIpc) is 3.47. The highest BCUT2D eigenvalue weighted by atomic mass is 35.5. The molecule has 45 heavy (non-hydrogen) atoms. The Hall–Kier alpha value is -2.12. The van der Waals surface area contributed by atoms with Crippen LogP contribution in [0.15, 0.2) is 48.5 Å². The quantitative estimate of drug-likeness (QED) is 0.168. The molecule has 2 aliphatic heterocycles. The van der Waals surface area contributed by atoms with Crippen LogP contribution in [-0.2, 0) is 0 Å². The van der Waals surface area contributed by atoms with Crippen LogP contribution in [-0.4, -0.2) is 73.8 Å². The van der Waals surface area contributed by atoms with Gasteiger partial charge in [-0.25, -0.2) is 0 Å². The van der Waals surface area contributed by atoms with Crippen molar-refractivity contribution < 1.29 is 19.1 Å². The predicted octanol–water partition coefficient (Wildman–Crippen LogP) is 8.55. The van der Waals surface area contributed by atoms with Crippen molar-refractivity contribution >= 4 is 36.4 Å². The monoisotopic (exact) mass is 662 g/mol. The van der Waals surface area contributed by atoms with Gasteiger partial charge >= 0.3 is 0 Å². The van der Waals surface area contributed by atoms with E-state index in [0.717, 1.165) is 50.5 Å². The Morgan fingerprint density at radius 2 is 0.911 bits per heavy atom. The average molecular weight is 664 g/mol. The normalized spacial score (nSPS) is 17.5. The fraction of sp³-hybridized carbons (Fsp3) is 0.622. The molecule has 2 atom stereocenters. The van der Waals surface area contributed by atoms with E-state index in [4.69, 9.17) is 9.47 Å². The van der Waals surface area contributed by atoms with Gasteiger partial charge in [-0.05, 0) is 120 Å². The van der Waals surface area contributed by atoms with Crippen LogP contribution in [0.2, 0.25) is 0 Å². The SMILES string of the molecule is CCCOc1ccc(C(=O)C(CC(CN2CCCCCC2)C(=O)c2ccc(OCCC)cc2)CN2CCCCCC2)cc1.Cl.Cl. The fourth-order valence-corrected chi connectivity index (χ4v) is 6.48. The van der Waals surface area contributed by atoms with E-state index in [0.29, 0.717) is 43.9 Å². The zero-order valence-electron chi connectivity index (χ0n) is 27.6. The van der Waals surface area contributed by atoms with Crippen molar-refractivity contribution in [3.63, 3.8) is 0 Å². The molecule has 2 saturated heterocycles. The van der Waals surface area contributed by atoms with Crippen molar-refractivity contribution in [2.75, 3.05) is 52.5 Å². The number of benzene rings is 2. The third-order valence-electron chi connectivity index (χ3n) is 8.89. The second-order valence-corrected chi connectivity index (χ2v) is 12.5. The van der Waals surface area contributed by atoms with Gasteiger partial charge in [0.1, 0.15) is 11.5 Å². The number of Topliss-reactive ketones (excluding diaryl/α,β-unsaturated/α-hetero) is 2. The minimum atomic E-state index is -0.242. The fourth-order valence-electron chi connectivity index (χ4n) is 6.48. The molecule has 2 heterocycles. The highest BCUT2D eigenvalue weighted by Gasteiger charge is 2.32. The first-order valence-corrected chi connectivity index (χ1v) is 17.1. The number of hydrogen-bond donors (Lipinski definition) is 0. The number of halogens is 2. The largest absolute Gasteiger partial charge is 0.494 e. The molecule has 8 heteroatoms. The molecule has 0 radical (unpaired) electrons. The van der Waals surface area contributed by atoms with Crippen LogP contribution >= 0.6 is 24.8 Å². The van der Waals surface area contributed by atoms with Gasteiger partial charge in [-0.1, -0.05) is 39.5 Å². The van der Waals surface area contributed by atoms with E-state index in [2.05, 4.69) is 23.6 Å². The van der Waals surface area contributed by atoms with Crippen LogP contribution in [0.1, 0.15) is 105 Å². The van der Waals surface area contributed by atoms with E-state index in [1.807, 2.05) is 48.5 Å². The van der Waals surface area contributed by atoms with Gasteiger partial charge in [0.15, 0.2) is 11.6 Å². The van der Waals surface area contributed by atoms with E-state index in [1.54, 1.807) is 0 Å². The van der Waals surface area contributed by atoms with Crippen LogP contribution in [0.3, 0.4) is 0 Å². The number of likely N-dealkylation sites (tertiary alicyclic amines) is 2. The van der Waals surface area contributed by atoms with Crippen LogP contribution in [0.5, 0.6) is 11.5 Å². The Balaban J connectivity index is 0.00000353. The summed E-state index contributed by atoms with van der Waals surface area (Å²) in [4.78, 5) is 33.4. The number of nitrogens with zero attached hydrogens (tertiary/aromatic N) is 2. The maximum Gasteiger partial charge on any atom is 0.167 e. The first kappa shape index (κ1) is 39.1. The van der Waals surface area contributed by atoms with Gasteiger partial charge in [-0.3, -0.25) is 9.59 Å². The van der Waals surface area contributed by atoms with Gasteiger partial charge in [-0.15, -0.1) is 24.8 Å². The molecule has 2 unspecified atom stereocenters. The van der Waals surface area contributed by atoms with E-state index in [1.165, 1.54) is 51.4 Å². The van der Waals surface area contributed by atoms with Crippen molar-refractivity contribution in [2.45, 2.75) is 84.5 Å². The third-order valence-corrected chi connectivity index (χ3v) is 8.89. The molecule has 2 aromatic rings. The van der Waals surface area contributed by atoms with Crippen LogP contribution in [0, 0.1) is 11.8 Å². The summed E-state index contributed by atoms with van der Waals surface area (Å²) < 4.78 is 11.6. The zero-order chi connectivity index (χ0) is 30.3. The van der Waals surface area contributed by atoms with Gasteiger partial charge in [0.05, 0.1) is 13.2 Å². The number of ether oxygens (including phenoxy) is 2. The van der Waals surface area contributed by atoms with E-state index < -0.39 is 0 Å². The van der Waals surface area contributed by atoms with Crippen LogP contribution in [0.4, 0.5) is 0 Å². The van der Waals surface area contributed by atoms with Crippen molar-refractivity contribution in [3.8, 4) is 11.5 Å². The van der Waals surface area contributed by atoms with Gasteiger partial charge in [0.2, 0.25) is 0 Å². The molecule has 4 rings (SSSR count). The van der Waals surface area contributed by atoms with E-state index in [9.17, 15) is 9.59 Å². The summed E-state index contributed by atoms with van der Waals surface area (Å²) >= 11 is 0. The molecule has 2 aromatic carbocycles. The summed E-state index contributed by atoms with van der Waals surface area (Å²) in [5.74, 6) is 1.39.